The van der Waals surface area contributed by atoms with Crippen LogP contribution in [-0.2, 0) is 0 Å². The lowest BCUT2D eigenvalue weighted by Gasteiger charge is -2.34. The van der Waals surface area contributed by atoms with Crippen molar-refractivity contribution in [1.82, 2.24) is 8.61 Å². The summed E-state index contributed by atoms with van der Waals surface area (Å²) >= 11 is 7.75. The van der Waals surface area contributed by atoms with Gasteiger partial charge in [-0.3, -0.25) is 8.61 Å². The summed E-state index contributed by atoms with van der Waals surface area (Å²) in [6.07, 6.45) is 0.256. The van der Waals surface area contributed by atoms with Crippen molar-refractivity contribution in [3.05, 3.63) is 0 Å². The molecule has 1 rings (SSSR count). The van der Waals surface area contributed by atoms with E-state index in [0.717, 1.165) is 8.61 Å². The molecule has 0 spiro atoms. The van der Waals surface area contributed by atoms with E-state index in [2.05, 4.69) is 25.6 Å². The molecule has 0 aliphatic heterocycles. The average molecular weight is 266 g/mol. The van der Waals surface area contributed by atoms with E-state index < -0.39 is 12.2 Å². The number of hydrogen-bond donors (Lipinski definition) is 4. The van der Waals surface area contributed by atoms with Gasteiger partial charge in [-0.05, 0) is 25.7 Å². The fourth-order valence-electron chi connectivity index (χ4n) is 1.86. The first kappa shape index (κ1) is 13.3. The first-order valence-electron chi connectivity index (χ1n) is 4.85. The van der Waals surface area contributed by atoms with Crippen molar-refractivity contribution in [1.29, 1.82) is 0 Å². The van der Waals surface area contributed by atoms with Crippen molar-refractivity contribution < 1.29 is 19.8 Å². The van der Waals surface area contributed by atoms with Crippen LogP contribution in [0.1, 0.15) is 25.7 Å². The molecule has 2 N–H and O–H groups in total. The number of thiol groups is 2. The zero-order valence-electron chi connectivity index (χ0n) is 8.48. The molecule has 0 unspecified atom stereocenters. The van der Waals surface area contributed by atoms with E-state index in [1.54, 1.807) is 0 Å². The fourth-order valence-corrected chi connectivity index (χ4v) is 2.32. The Balaban J connectivity index is 2.45. The van der Waals surface area contributed by atoms with E-state index in [1.807, 2.05) is 0 Å². The maximum atomic E-state index is 10.7. The Labute approximate surface area is 104 Å². The Morgan fingerprint density at radius 3 is 1.31 bits per heavy atom. The smallest absolute Gasteiger partial charge is 0.417 e. The van der Waals surface area contributed by atoms with E-state index in [9.17, 15) is 9.59 Å². The highest BCUT2D eigenvalue weighted by Gasteiger charge is 2.30. The number of carboxylic acid groups (broad SMARTS) is 2. The van der Waals surface area contributed by atoms with Crippen LogP contribution < -0.4 is 0 Å². The lowest BCUT2D eigenvalue weighted by molar-refractivity contribution is 0.135. The van der Waals surface area contributed by atoms with Crippen molar-refractivity contribution in [3.63, 3.8) is 0 Å². The highest BCUT2D eigenvalue weighted by Crippen LogP contribution is 2.28. The van der Waals surface area contributed by atoms with Gasteiger partial charge in [-0.2, -0.15) is 0 Å². The van der Waals surface area contributed by atoms with Crippen molar-refractivity contribution in [2.45, 2.75) is 37.8 Å². The summed E-state index contributed by atoms with van der Waals surface area (Å²) in [5, 5.41) is 17.5. The highest BCUT2D eigenvalue weighted by molar-refractivity contribution is 7.78. The minimum Gasteiger partial charge on any atom is -0.464 e. The van der Waals surface area contributed by atoms with Crippen LogP contribution in [0.3, 0.4) is 0 Å². The molecule has 1 saturated carbocycles. The molecule has 1 fully saturated rings. The van der Waals surface area contributed by atoms with Crippen LogP contribution in [0, 0.1) is 0 Å². The zero-order chi connectivity index (χ0) is 12.3. The normalized spacial score (nSPS) is 24.9. The molecule has 0 radical (unpaired) electrons. The maximum Gasteiger partial charge on any atom is 0.417 e. The van der Waals surface area contributed by atoms with Gasteiger partial charge in [-0.25, -0.2) is 9.59 Å². The van der Waals surface area contributed by atoms with Gasteiger partial charge in [-0.1, -0.05) is 25.6 Å². The molecule has 1 aliphatic carbocycles. The predicted octanol–water partition coefficient (Wildman–Crippen LogP) is 1.95. The lowest BCUT2D eigenvalue weighted by atomic mass is 9.91. The van der Waals surface area contributed by atoms with Crippen LogP contribution in [0.5, 0.6) is 0 Å². The number of nitrogens with zero attached hydrogens (tertiary/aromatic N) is 2. The molecule has 0 atom stereocenters. The van der Waals surface area contributed by atoms with Gasteiger partial charge in [0.25, 0.3) is 0 Å². The number of amides is 2. The van der Waals surface area contributed by atoms with Crippen LogP contribution in [0.25, 0.3) is 0 Å². The first-order valence-corrected chi connectivity index (χ1v) is 5.65. The Morgan fingerprint density at radius 1 is 0.875 bits per heavy atom. The SMILES string of the molecule is O=C(O)N(S)C1CCC(N(S)C(=O)O)CC1. The van der Waals surface area contributed by atoms with Crippen LogP contribution in [0.15, 0.2) is 0 Å². The molecule has 0 bridgehead atoms. The zero-order valence-corrected chi connectivity index (χ0v) is 10.3. The molecule has 0 aromatic rings. The summed E-state index contributed by atoms with van der Waals surface area (Å²) in [5.74, 6) is 0. The number of hydrogen-bond acceptors (Lipinski definition) is 4. The second-order valence-corrected chi connectivity index (χ2v) is 4.58. The quantitative estimate of drug-likeness (QED) is 0.576. The molecule has 0 aromatic heterocycles. The monoisotopic (exact) mass is 266 g/mol. The number of carbonyl (C=O) groups is 2. The van der Waals surface area contributed by atoms with E-state index in [4.69, 9.17) is 10.2 Å². The van der Waals surface area contributed by atoms with Crippen LogP contribution in [0.4, 0.5) is 9.59 Å². The second-order valence-electron chi connectivity index (χ2n) is 3.72. The Hall–Kier alpha value is -0.760. The average Bonchev–Trinajstić information content (AvgIpc) is 2.27. The molecule has 0 saturated heterocycles. The second kappa shape index (κ2) is 5.53. The van der Waals surface area contributed by atoms with E-state index in [1.165, 1.54) is 0 Å². The van der Waals surface area contributed by atoms with Gasteiger partial charge in [0.05, 0.1) is 0 Å². The Bertz CT molecular complexity index is 253. The van der Waals surface area contributed by atoms with E-state index >= 15 is 0 Å². The molecule has 2 amide bonds. The topological polar surface area (TPSA) is 81.1 Å². The third-order valence-electron chi connectivity index (χ3n) is 2.75. The molecule has 6 nitrogen and oxygen atoms in total. The van der Waals surface area contributed by atoms with Gasteiger partial charge >= 0.3 is 12.2 Å². The molecule has 0 aromatic carbocycles. The largest absolute Gasteiger partial charge is 0.464 e. The summed E-state index contributed by atoms with van der Waals surface area (Å²) in [6.45, 7) is 0. The summed E-state index contributed by atoms with van der Waals surface area (Å²) in [7, 11) is 0. The summed E-state index contributed by atoms with van der Waals surface area (Å²) in [5.41, 5.74) is 0. The van der Waals surface area contributed by atoms with Crippen LogP contribution in [-0.4, -0.2) is 43.1 Å². The first-order chi connectivity index (χ1) is 7.43. The third kappa shape index (κ3) is 3.11. The van der Waals surface area contributed by atoms with Gasteiger partial charge in [-0.15, -0.1) is 0 Å². The number of rotatable bonds is 2. The maximum absolute atomic E-state index is 10.7. The molecular weight excluding hydrogens is 252 g/mol. The van der Waals surface area contributed by atoms with Crippen LogP contribution in [0.2, 0.25) is 0 Å². The molecule has 0 heterocycles. The minimum atomic E-state index is -1.08. The van der Waals surface area contributed by atoms with Crippen molar-refractivity contribution in [2.24, 2.45) is 0 Å². The fraction of sp³-hybridized carbons (Fsp3) is 0.750. The predicted molar refractivity (Wildman–Crippen MR) is 63.7 cm³/mol. The highest BCUT2D eigenvalue weighted by atomic mass is 32.1. The summed E-state index contributed by atoms with van der Waals surface area (Å²) in [6, 6.07) is -0.291. The molecule has 16 heavy (non-hydrogen) atoms. The molecule has 1 aliphatic rings. The standard InChI is InChI=1S/C8H14N2O4S2/c11-7(12)9(15)5-1-2-6(4-3-5)10(16)8(13)14/h5-6,15-16H,1-4H2,(H,11,12)(H,13,14). The van der Waals surface area contributed by atoms with Crippen molar-refractivity contribution >= 4 is 37.8 Å². The summed E-state index contributed by atoms with van der Waals surface area (Å²) in [4.78, 5) is 21.3. The van der Waals surface area contributed by atoms with Gasteiger partial charge < -0.3 is 10.2 Å². The summed E-state index contributed by atoms with van der Waals surface area (Å²) < 4.78 is 1.97. The van der Waals surface area contributed by atoms with Gasteiger partial charge in [0.15, 0.2) is 0 Å². The molecule has 92 valence electrons. The van der Waals surface area contributed by atoms with Crippen molar-refractivity contribution in [3.8, 4) is 0 Å². The Morgan fingerprint density at radius 2 is 1.12 bits per heavy atom. The lowest BCUT2D eigenvalue weighted by Crippen LogP contribution is -2.41. The van der Waals surface area contributed by atoms with Gasteiger partial charge in [0, 0.05) is 12.1 Å². The van der Waals surface area contributed by atoms with E-state index in [0.29, 0.717) is 25.7 Å². The minimum absolute atomic E-state index is 0.146. The Kier molecular flexibility index (Phi) is 4.60. The van der Waals surface area contributed by atoms with Crippen LogP contribution >= 0.6 is 25.6 Å². The van der Waals surface area contributed by atoms with Crippen molar-refractivity contribution in [2.75, 3.05) is 0 Å². The molecule has 8 heteroatoms. The third-order valence-corrected chi connectivity index (χ3v) is 3.75. The molecular formula is C8H14N2O4S2. The van der Waals surface area contributed by atoms with E-state index in [-0.39, 0.29) is 12.1 Å². The van der Waals surface area contributed by atoms with Gasteiger partial charge in [0.2, 0.25) is 0 Å². The van der Waals surface area contributed by atoms with Gasteiger partial charge in [0.1, 0.15) is 0 Å².